The van der Waals surface area contributed by atoms with Crippen molar-refractivity contribution < 1.29 is 29.3 Å². The zero-order chi connectivity index (χ0) is 17.1. The quantitative estimate of drug-likeness (QED) is 0.214. The van der Waals surface area contributed by atoms with Crippen LogP contribution in [0.4, 0.5) is 0 Å². The molecule has 0 heterocycles. The van der Waals surface area contributed by atoms with Crippen LogP contribution < -0.4 is 10.6 Å². The lowest BCUT2D eigenvalue weighted by molar-refractivity contribution is -0.146. The van der Waals surface area contributed by atoms with Crippen molar-refractivity contribution in [3.05, 3.63) is 0 Å². The lowest BCUT2D eigenvalue weighted by Crippen LogP contribution is -2.50. The maximum atomic E-state index is 11.5. The van der Waals surface area contributed by atoms with Gasteiger partial charge in [-0.2, -0.15) is 0 Å². The van der Waals surface area contributed by atoms with E-state index in [0.29, 0.717) is 0 Å². The molecule has 2 atom stereocenters. The number of nitrogens with one attached hydrogen (secondary N) is 4. The lowest BCUT2D eigenvalue weighted by Gasteiger charge is -2.17. The minimum absolute atomic E-state index is 0. The van der Waals surface area contributed by atoms with Crippen LogP contribution in [0.25, 0.3) is 0 Å². The summed E-state index contributed by atoms with van der Waals surface area (Å²) in [5.74, 6) is -1.96. The fraction of sp³-hybridized carbons (Fsp3) is 0.667. The Morgan fingerprint density at radius 1 is 0.875 bits per heavy atom. The van der Waals surface area contributed by atoms with E-state index >= 15 is 0 Å². The van der Waals surface area contributed by atoms with Crippen molar-refractivity contribution in [1.82, 2.24) is 10.6 Å². The summed E-state index contributed by atoms with van der Waals surface area (Å²) in [5, 5.41) is 38.0. The third-order valence-corrected chi connectivity index (χ3v) is 2.63. The Morgan fingerprint density at radius 3 is 1.42 bits per heavy atom. The zero-order valence-corrected chi connectivity index (χ0v) is 15.0. The fourth-order valence-corrected chi connectivity index (χ4v) is 1.30. The summed E-state index contributed by atoms with van der Waals surface area (Å²) in [5.41, 5.74) is 0. The van der Waals surface area contributed by atoms with Crippen molar-refractivity contribution in [3.63, 3.8) is 0 Å². The summed E-state index contributed by atoms with van der Waals surface area (Å²) in [7, 11) is 2.63. The van der Waals surface area contributed by atoms with Crippen LogP contribution in [-0.4, -0.2) is 73.3 Å². The molecule has 0 spiro atoms. The lowest BCUT2D eigenvalue weighted by atomic mass is 10.1. The average Bonchev–Trinajstić information content (AvgIpc) is 2.52. The van der Waals surface area contributed by atoms with Gasteiger partial charge in [-0.25, -0.2) is 0 Å². The Hall–Kier alpha value is -1.62. The molecule has 0 aliphatic heterocycles. The van der Waals surface area contributed by atoms with Gasteiger partial charge in [-0.15, -0.1) is 24.8 Å². The van der Waals surface area contributed by atoms with Gasteiger partial charge in [-0.1, -0.05) is 0 Å². The van der Waals surface area contributed by atoms with Crippen molar-refractivity contribution in [1.29, 1.82) is 10.8 Å². The van der Waals surface area contributed by atoms with Crippen LogP contribution in [0, 0.1) is 10.8 Å². The number of carbonyl (C=O) groups is 2. The molecule has 0 rings (SSSR count). The molecular formula is C12H24Cl2N4O6. The van der Waals surface area contributed by atoms with E-state index in [1.165, 1.54) is 14.2 Å². The Kier molecular flexibility index (Phi) is 17.0. The molecule has 6 N–H and O–H groups in total. The van der Waals surface area contributed by atoms with Crippen molar-refractivity contribution in [2.75, 3.05) is 27.3 Å². The predicted molar refractivity (Wildman–Crippen MR) is 91.2 cm³/mol. The molecule has 0 fully saturated rings. The number of hydrogen-bond acceptors (Lipinski definition) is 8. The molecule has 24 heavy (non-hydrogen) atoms. The number of carbonyl (C=O) groups excluding carboxylic acids is 2. The number of methoxy groups -OCH3 is 2. The molecule has 0 aliphatic rings. The van der Waals surface area contributed by atoms with E-state index in [2.05, 4.69) is 20.1 Å². The Balaban J connectivity index is -0.00000220. The van der Waals surface area contributed by atoms with Crippen molar-refractivity contribution in [2.24, 2.45) is 0 Å². The SMILES string of the molecule is COC(=N)CCNC(=O)[C@H](O)[C@@H](O)C(=O)NCCC(=N)OC.Cl.Cl. The van der Waals surface area contributed by atoms with E-state index in [4.69, 9.17) is 10.8 Å². The molecule has 0 aromatic rings. The number of ether oxygens (including phenoxy) is 2. The van der Waals surface area contributed by atoms with Crippen LogP contribution in [0.2, 0.25) is 0 Å². The summed E-state index contributed by atoms with van der Waals surface area (Å²) < 4.78 is 9.16. The molecule has 2 amide bonds. The third-order valence-electron chi connectivity index (χ3n) is 2.63. The van der Waals surface area contributed by atoms with Crippen LogP contribution in [0.5, 0.6) is 0 Å². The summed E-state index contributed by atoms with van der Waals surface area (Å²) >= 11 is 0. The van der Waals surface area contributed by atoms with Gasteiger partial charge in [0.15, 0.2) is 24.0 Å². The van der Waals surface area contributed by atoms with E-state index in [1.807, 2.05) is 0 Å². The van der Waals surface area contributed by atoms with Gasteiger partial charge in [0.2, 0.25) is 0 Å². The van der Waals surface area contributed by atoms with E-state index in [1.54, 1.807) is 0 Å². The van der Waals surface area contributed by atoms with E-state index < -0.39 is 24.0 Å². The molecule has 10 nitrogen and oxygen atoms in total. The number of halogens is 2. The standard InChI is InChI=1S/C12H22N4O6.2ClH/c1-21-7(13)3-5-15-11(19)9(17)10(18)12(20)16-6-4-8(14)22-2;;/h9-10,13-14,17-18H,3-6H2,1-2H3,(H,15,19)(H,16,20);2*1H/t9-,10-;;/m1../s1. The number of aliphatic hydroxyl groups is 2. The van der Waals surface area contributed by atoms with Gasteiger partial charge in [0.25, 0.3) is 11.8 Å². The van der Waals surface area contributed by atoms with Gasteiger partial charge in [-0.05, 0) is 0 Å². The molecule has 12 heteroatoms. The van der Waals surface area contributed by atoms with Crippen LogP contribution >= 0.6 is 24.8 Å². The smallest absolute Gasteiger partial charge is 0.252 e. The highest BCUT2D eigenvalue weighted by Gasteiger charge is 2.29. The van der Waals surface area contributed by atoms with Gasteiger partial charge in [-0.3, -0.25) is 20.4 Å². The van der Waals surface area contributed by atoms with Crippen molar-refractivity contribution >= 4 is 48.4 Å². The largest absolute Gasteiger partial charge is 0.484 e. The van der Waals surface area contributed by atoms with Gasteiger partial charge >= 0.3 is 0 Å². The number of aliphatic hydroxyl groups excluding tert-OH is 2. The van der Waals surface area contributed by atoms with Gasteiger partial charge in [0.1, 0.15) is 0 Å². The highest BCUT2D eigenvalue weighted by molar-refractivity contribution is 5.91. The van der Waals surface area contributed by atoms with Crippen LogP contribution in [-0.2, 0) is 19.1 Å². The van der Waals surface area contributed by atoms with E-state index in [-0.39, 0.29) is 62.5 Å². The highest BCUT2D eigenvalue weighted by Crippen LogP contribution is 1.95. The second kappa shape index (κ2) is 14.9. The first-order valence-electron chi connectivity index (χ1n) is 6.47. The second-order valence-corrected chi connectivity index (χ2v) is 4.23. The number of rotatable bonds is 9. The predicted octanol–water partition coefficient (Wildman–Crippen LogP) is -1.19. The highest BCUT2D eigenvalue weighted by atomic mass is 35.5. The van der Waals surface area contributed by atoms with E-state index in [9.17, 15) is 19.8 Å². The van der Waals surface area contributed by atoms with E-state index in [0.717, 1.165) is 0 Å². The fourth-order valence-electron chi connectivity index (χ4n) is 1.30. The van der Waals surface area contributed by atoms with Crippen LogP contribution in [0.15, 0.2) is 0 Å². The molecule has 0 aliphatic carbocycles. The van der Waals surface area contributed by atoms with Gasteiger partial charge in [0, 0.05) is 25.9 Å². The first-order chi connectivity index (χ1) is 10.3. The number of hydrogen-bond donors (Lipinski definition) is 6. The maximum absolute atomic E-state index is 11.5. The first-order valence-corrected chi connectivity index (χ1v) is 6.47. The minimum Gasteiger partial charge on any atom is -0.484 e. The molecule has 0 bridgehead atoms. The molecule has 0 saturated heterocycles. The third kappa shape index (κ3) is 11.0. The average molecular weight is 391 g/mol. The molecule has 0 unspecified atom stereocenters. The van der Waals surface area contributed by atoms with Gasteiger partial charge in [0.05, 0.1) is 14.2 Å². The second-order valence-electron chi connectivity index (χ2n) is 4.23. The molecule has 0 aromatic carbocycles. The molecule has 0 radical (unpaired) electrons. The first kappa shape index (κ1) is 27.2. The summed E-state index contributed by atoms with van der Waals surface area (Å²) in [4.78, 5) is 23.0. The normalized spacial score (nSPS) is 11.7. The Bertz CT molecular complexity index is 386. The molecule has 0 aromatic heterocycles. The molecule has 142 valence electrons. The van der Waals surface area contributed by atoms with Crippen molar-refractivity contribution in [2.45, 2.75) is 25.0 Å². The Morgan fingerprint density at radius 2 is 1.17 bits per heavy atom. The van der Waals surface area contributed by atoms with Crippen molar-refractivity contribution in [3.8, 4) is 0 Å². The van der Waals surface area contributed by atoms with Crippen LogP contribution in [0.1, 0.15) is 12.8 Å². The number of amides is 2. The molecule has 0 saturated carbocycles. The maximum Gasteiger partial charge on any atom is 0.252 e. The molecular weight excluding hydrogens is 367 g/mol. The summed E-state index contributed by atoms with van der Waals surface area (Å²) in [6, 6.07) is 0. The summed E-state index contributed by atoms with van der Waals surface area (Å²) in [6.07, 6.45) is -3.62. The summed E-state index contributed by atoms with van der Waals surface area (Å²) in [6.45, 7) is 0.0593. The topological polar surface area (TPSA) is 165 Å². The Labute approximate surface area is 152 Å². The zero-order valence-electron chi connectivity index (χ0n) is 13.3. The minimum atomic E-state index is -1.93. The van der Waals surface area contributed by atoms with Crippen LogP contribution in [0.3, 0.4) is 0 Å². The monoisotopic (exact) mass is 390 g/mol. The van der Waals surface area contributed by atoms with Gasteiger partial charge < -0.3 is 30.3 Å².